The molecule has 2 heterocycles. The highest BCUT2D eigenvalue weighted by Gasteiger charge is 2.09. The lowest BCUT2D eigenvalue weighted by atomic mass is 10.2. The second kappa shape index (κ2) is 5.87. The third-order valence-corrected chi connectivity index (χ3v) is 3.53. The molecule has 0 aliphatic heterocycles. The van der Waals surface area contributed by atoms with Gasteiger partial charge in [-0.1, -0.05) is 18.2 Å². The minimum Gasteiger partial charge on any atom is -0.374 e. The number of nitrogens with one attached hydrogen (secondary N) is 1. The van der Waals surface area contributed by atoms with E-state index in [2.05, 4.69) is 9.97 Å². The highest BCUT2D eigenvalue weighted by Crippen LogP contribution is 2.23. The summed E-state index contributed by atoms with van der Waals surface area (Å²) in [7, 11) is 0. The lowest BCUT2D eigenvalue weighted by Crippen LogP contribution is -2.10. The van der Waals surface area contributed by atoms with Crippen molar-refractivity contribution in [2.24, 2.45) is 0 Å². The second-order valence-electron chi connectivity index (χ2n) is 4.59. The van der Waals surface area contributed by atoms with Crippen LogP contribution in [0.3, 0.4) is 0 Å². The number of hydrogen-bond donors (Lipinski definition) is 1. The third kappa shape index (κ3) is 2.79. The van der Waals surface area contributed by atoms with Gasteiger partial charge in [0.15, 0.2) is 4.77 Å². The summed E-state index contributed by atoms with van der Waals surface area (Å²) in [6, 6.07) is 7.72. The van der Waals surface area contributed by atoms with Crippen LogP contribution in [0.5, 0.6) is 0 Å². The third-order valence-electron chi connectivity index (χ3n) is 3.21. The van der Waals surface area contributed by atoms with Gasteiger partial charge in [-0.25, -0.2) is 8.78 Å². The Morgan fingerprint density at radius 2 is 2.14 bits per heavy atom. The van der Waals surface area contributed by atoms with Crippen molar-refractivity contribution in [3.05, 3.63) is 35.2 Å². The molecule has 0 aliphatic rings. The largest absolute Gasteiger partial charge is 0.374 e. The number of fused-ring (bicyclic) bond motifs is 3. The molecule has 0 bridgehead atoms. The van der Waals surface area contributed by atoms with E-state index in [1.165, 1.54) is 0 Å². The minimum atomic E-state index is -2.45. The Labute approximate surface area is 124 Å². The average molecular weight is 309 g/mol. The van der Waals surface area contributed by atoms with Crippen molar-refractivity contribution in [3.8, 4) is 0 Å². The Hall–Kier alpha value is -1.86. The van der Waals surface area contributed by atoms with Crippen LogP contribution in [0.2, 0.25) is 0 Å². The summed E-state index contributed by atoms with van der Waals surface area (Å²) < 4.78 is 31.5. The van der Waals surface area contributed by atoms with Gasteiger partial charge in [-0.2, -0.15) is 0 Å². The Bertz CT molecular complexity index is 828. The summed E-state index contributed by atoms with van der Waals surface area (Å²) in [5.74, 6) is 0. The quantitative estimate of drug-likeness (QED) is 0.579. The molecule has 0 amide bonds. The first-order chi connectivity index (χ1) is 10.2. The predicted octanol–water partition coefficient (Wildman–Crippen LogP) is 3.53. The van der Waals surface area contributed by atoms with Crippen molar-refractivity contribution in [1.82, 2.24) is 14.5 Å². The topological polar surface area (TPSA) is 42.8 Å². The van der Waals surface area contributed by atoms with E-state index in [-0.39, 0.29) is 6.61 Å². The van der Waals surface area contributed by atoms with Gasteiger partial charge in [0, 0.05) is 11.9 Å². The maximum Gasteiger partial charge on any atom is 0.261 e. The van der Waals surface area contributed by atoms with Crippen LogP contribution in [0.25, 0.3) is 21.9 Å². The molecule has 4 nitrogen and oxygen atoms in total. The molecule has 0 fully saturated rings. The molecule has 0 atom stereocenters. The van der Waals surface area contributed by atoms with Crippen molar-refractivity contribution in [2.75, 3.05) is 13.2 Å². The first kappa shape index (κ1) is 14.1. The Balaban J connectivity index is 1.99. The predicted molar refractivity (Wildman–Crippen MR) is 79.2 cm³/mol. The van der Waals surface area contributed by atoms with Gasteiger partial charge in [0.25, 0.3) is 6.43 Å². The van der Waals surface area contributed by atoms with Crippen LogP contribution in [0, 0.1) is 4.77 Å². The van der Waals surface area contributed by atoms with E-state index in [4.69, 9.17) is 17.0 Å². The lowest BCUT2D eigenvalue weighted by Gasteiger charge is -2.07. The number of aromatic nitrogens is 3. The van der Waals surface area contributed by atoms with E-state index in [0.717, 1.165) is 21.9 Å². The number of para-hydroxylation sites is 1. The monoisotopic (exact) mass is 309 g/mol. The first-order valence-electron chi connectivity index (χ1n) is 6.49. The van der Waals surface area contributed by atoms with Crippen LogP contribution in [0.1, 0.15) is 0 Å². The number of pyridine rings is 1. The molecule has 0 saturated carbocycles. The smallest absolute Gasteiger partial charge is 0.261 e. The average Bonchev–Trinajstić information content (AvgIpc) is 2.79. The standard InChI is InChI=1S/C14H13F2N3OS/c15-12(16)8-20-6-5-19-13-9-3-1-2-4-10(9)17-7-11(13)18-14(19)21/h1-4,7,12H,5-6,8H2,(H,18,21). The molecule has 3 aromatic rings. The van der Waals surface area contributed by atoms with Crippen molar-refractivity contribution < 1.29 is 13.5 Å². The second-order valence-corrected chi connectivity index (χ2v) is 4.97. The summed E-state index contributed by atoms with van der Waals surface area (Å²) in [5.41, 5.74) is 2.61. The number of hydrogen-bond acceptors (Lipinski definition) is 3. The summed E-state index contributed by atoms with van der Waals surface area (Å²) >= 11 is 5.29. The zero-order valence-corrected chi connectivity index (χ0v) is 11.9. The zero-order chi connectivity index (χ0) is 14.8. The van der Waals surface area contributed by atoms with Gasteiger partial charge in [-0.05, 0) is 18.3 Å². The van der Waals surface area contributed by atoms with Crippen LogP contribution in [0.15, 0.2) is 30.5 Å². The number of imidazole rings is 1. The molecule has 2 aromatic heterocycles. The molecule has 3 rings (SSSR count). The van der Waals surface area contributed by atoms with E-state index in [1.54, 1.807) is 6.20 Å². The summed E-state index contributed by atoms with van der Waals surface area (Å²) in [5, 5.41) is 0.969. The van der Waals surface area contributed by atoms with Crippen molar-refractivity contribution in [1.29, 1.82) is 0 Å². The fraction of sp³-hybridized carbons (Fsp3) is 0.286. The first-order valence-corrected chi connectivity index (χ1v) is 6.90. The van der Waals surface area contributed by atoms with Crippen molar-refractivity contribution in [3.63, 3.8) is 0 Å². The maximum absolute atomic E-state index is 12.1. The van der Waals surface area contributed by atoms with E-state index >= 15 is 0 Å². The summed E-state index contributed by atoms with van der Waals surface area (Å²) in [4.78, 5) is 7.44. The van der Waals surface area contributed by atoms with Gasteiger partial charge in [-0.15, -0.1) is 0 Å². The van der Waals surface area contributed by atoms with Gasteiger partial charge in [0.05, 0.1) is 29.4 Å². The van der Waals surface area contributed by atoms with E-state index in [9.17, 15) is 8.78 Å². The van der Waals surface area contributed by atoms with Crippen molar-refractivity contribution in [2.45, 2.75) is 13.0 Å². The lowest BCUT2D eigenvalue weighted by molar-refractivity contribution is 0.0149. The van der Waals surface area contributed by atoms with Crippen LogP contribution in [-0.4, -0.2) is 34.2 Å². The maximum atomic E-state index is 12.1. The molecule has 0 saturated heterocycles. The molecule has 110 valence electrons. The van der Waals surface area contributed by atoms with Gasteiger partial charge in [-0.3, -0.25) is 4.98 Å². The van der Waals surface area contributed by atoms with E-state index < -0.39 is 13.0 Å². The number of rotatable bonds is 5. The Morgan fingerprint density at radius 1 is 1.33 bits per heavy atom. The number of nitrogens with zero attached hydrogens (tertiary/aromatic N) is 2. The molecule has 0 unspecified atom stereocenters. The summed E-state index contributed by atoms with van der Waals surface area (Å²) in [6.07, 6.45) is -0.727. The molecule has 1 aromatic carbocycles. The van der Waals surface area contributed by atoms with Gasteiger partial charge in [0.2, 0.25) is 0 Å². The van der Waals surface area contributed by atoms with E-state index in [0.29, 0.717) is 11.3 Å². The van der Waals surface area contributed by atoms with Crippen LogP contribution in [-0.2, 0) is 11.3 Å². The molecule has 0 radical (unpaired) electrons. The Morgan fingerprint density at radius 3 is 2.95 bits per heavy atom. The zero-order valence-electron chi connectivity index (χ0n) is 11.1. The fourth-order valence-electron chi connectivity index (χ4n) is 2.33. The van der Waals surface area contributed by atoms with Gasteiger partial charge in [0.1, 0.15) is 6.61 Å². The highest BCUT2D eigenvalue weighted by atomic mass is 32.1. The van der Waals surface area contributed by atoms with Crippen molar-refractivity contribution >= 4 is 34.2 Å². The van der Waals surface area contributed by atoms with Gasteiger partial charge >= 0.3 is 0 Å². The van der Waals surface area contributed by atoms with Crippen LogP contribution < -0.4 is 0 Å². The molecular weight excluding hydrogens is 296 g/mol. The SMILES string of the molecule is FC(F)COCCn1c(=S)[nH]c2cnc3ccccc3c21. The minimum absolute atomic E-state index is 0.183. The highest BCUT2D eigenvalue weighted by molar-refractivity contribution is 7.71. The number of aromatic amines is 1. The molecular formula is C14H13F2N3OS. The van der Waals surface area contributed by atoms with Gasteiger partial charge < -0.3 is 14.3 Å². The Kier molecular flexibility index (Phi) is 3.94. The number of H-pyrrole nitrogens is 1. The molecule has 0 aliphatic carbocycles. The van der Waals surface area contributed by atoms with Crippen LogP contribution >= 0.6 is 12.2 Å². The fourth-order valence-corrected chi connectivity index (χ4v) is 2.63. The van der Waals surface area contributed by atoms with E-state index in [1.807, 2.05) is 28.8 Å². The molecule has 21 heavy (non-hydrogen) atoms. The number of halogens is 2. The normalized spacial score (nSPS) is 11.8. The summed E-state index contributed by atoms with van der Waals surface area (Å²) in [6.45, 7) is 0.0415. The molecule has 0 spiro atoms. The number of ether oxygens (including phenoxy) is 1. The van der Waals surface area contributed by atoms with Crippen LogP contribution in [0.4, 0.5) is 8.78 Å². The number of alkyl halides is 2. The number of benzene rings is 1. The molecule has 7 heteroatoms. The molecule has 1 N–H and O–H groups in total.